The summed E-state index contributed by atoms with van der Waals surface area (Å²) in [6.45, 7) is 1.94. The van der Waals surface area contributed by atoms with Crippen LogP contribution in [0.5, 0.6) is 0 Å². The van der Waals surface area contributed by atoms with Gasteiger partial charge in [0.15, 0.2) is 0 Å². The van der Waals surface area contributed by atoms with Crippen LogP contribution in [-0.4, -0.2) is 41.4 Å². The van der Waals surface area contributed by atoms with Crippen molar-refractivity contribution in [2.75, 3.05) is 19.6 Å². The predicted octanol–water partition coefficient (Wildman–Crippen LogP) is 5.01. The highest BCUT2D eigenvalue weighted by atomic mass is 19.4. The Hall–Kier alpha value is -2.87. The third-order valence-corrected chi connectivity index (χ3v) is 5.72. The minimum atomic E-state index is -4.39. The molecule has 1 atom stereocenters. The molecule has 8 heteroatoms. The molecule has 0 saturated carbocycles. The van der Waals surface area contributed by atoms with E-state index in [4.69, 9.17) is 0 Å². The number of amides is 2. The van der Waals surface area contributed by atoms with Crippen LogP contribution in [0.2, 0.25) is 0 Å². The lowest BCUT2D eigenvalue weighted by Gasteiger charge is -2.23. The zero-order valence-corrected chi connectivity index (χ0v) is 17.1. The largest absolute Gasteiger partial charge is 0.416 e. The first-order valence-corrected chi connectivity index (χ1v) is 10.6. The first kappa shape index (κ1) is 21.4. The Balaban J connectivity index is 1.58. The number of halogens is 3. The number of hydrogen-bond donors (Lipinski definition) is 1. The summed E-state index contributed by atoms with van der Waals surface area (Å²) in [4.78, 5) is 12.9. The fraction of sp³-hybridized carbons (Fsp3) is 0.391. The number of benzene rings is 2. The van der Waals surface area contributed by atoms with Gasteiger partial charge < -0.3 is 0 Å². The highest BCUT2D eigenvalue weighted by Gasteiger charge is 2.34. The fourth-order valence-electron chi connectivity index (χ4n) is 4.04. The van der Waals surface area contributed by atoms with E-state index in [9.17, 15) is 18.0 Å². The summed E-state index contributed by atoms with van der Waals surface area (Å²) in [7, 11) is 0. The molecule has 2 aliphatic heterocycles. The Labute approximate surface area is 179 Å². The number of hydrazine groups is 1. The van der Waals surface area contributed by atoms with E-state index in [1.165, 1.54) is 17.1 Å². The van der Waals surface area contributed by atoms with Gasteiger partial charge in [-0.3, -0.25) is 5.43 Å². The van der Waals surface area contributed by atoms with E-state index in [0.29, 0.717) is 17.8 Å². The average molecular weight is 430 g/mol. The van der Waals surface area contributed by atoms with Crippen molar-refractivity contribution >= 4 is 11.7 Å². The molecule has 2 heterocycles. The molecular formula is C23H25F3N4O. The Morgan fingerprint density at radius 1 is 0.935 bits per heavy atom. The molecule has 2 aliphatic rings. The van der Waals surface area contributed by atoms with Gasteiger partial charge in [0.05, 0.1) is 17.8 Å². The molecule has 2 aromatic rings. The lowest BCUT2D eigenvalue weighted by atomic mass is 9.90. The summed E-state index contributed by atoms with van der Waals surface area (Å²) < 4.78 is 38.9. The van der Waals surface area contributed by atoms with E-state index in [-0.39, 0.29) is 11.9 Å². The normalized spacial score (nSPS) is 20.3. The molecule has 0 radical (unpaired) electrons. The lowest BCUT2D eigenvalue weighted by Crippen LogP contribution is -2.47. The van der Waals surface area contributed by atoms with E-state index in [2.05, 4.69) is 10.5 Å². The molecule has 5 nitrogen and oxygen atoms in total. The summed E-state index contributed by atoms with van der Waals surface area (Å²) in [6, 6.07) is 14.2. The smallest absolute Gasteiger partial charge is 0.269 e. The molecule has 1 saturated heterocycles. The van der Waals surface area contributed by atoms with Gasteiger partial charge in [-0.15, -0.1) is 0 Å². The number of carbonyl (C=O) groups excluding carboxylic acids is 1. The molecule has 31 heavy (non-hydrogen) atoms. The number of nitrogens with zero attached hydrogens (tertiary/aromatic N) is 3. The number of hydrogen-bond acceptors (Lipinski definition) is 3. The molecule has 4 rings (SSSR count). The zero-order valence-electron chi connectivity index (χ0n) is 17.1. The Morgan fingerprint density at radius 3 is 2.19 bits per heavy atom. The molecule has 0 bridgehead atoms. The van der Waals surface area contributed by atoms with Gasteiger partial charge in [-0.05, 0) is 36.1 Å². The van der Waals surface area contributed by atoms with Gasteiger partial charge in [-0.1, -0.05) is 55.3 Å². The SMILES string of the molecule is O=C(NN1CCCCCC1)N1CC(c2ccccc2)C(c2ccc(C(F)(F)F)cc2)=N1. The van der Waals surface area contributed by atoms with Crippen molar-refractivity contribution in [2.45, 2.75) is 37.8 Å². The maximum atomic E-state index is 13.0. The van der Waals surface area contributed by atoms with Crippen LogP contribution in [0, 0.1) is 0 Å². The third-order valence-electron chi connectivity index (χ3n) is 5.72. The van der Waals surface area contributed by atoms with Crippen molar-refractivity contribution in [1.29, 1.82) is 0 Å². The lowest BCUT2D eigenvalue weighted by molar-refractivity contribution is -0.137. The summed E-state index contributed by atoms with van der Waals surface area (Å²) >= 11 is 0. The number of rotatable bonds is 3. The first-order valence-electron chi connectivity index (χ1n) is 10.6. The molecule has 0 aromatic heterocycles. The fourth-order valence-corrected chi connectivity index (χ4v) is 4.04. The van der Waals surface area contributed by atoms with Crippen LogP contribution in [0.3, 0.4) is 0 Å². The summed E-state index contributed by atoms with van der Waals surface area (Å²) in [6.07, 6.45) is -0.0152. The van der Waals surface area contributed by atoms with Gasteiger partial charge in [0, 0.05) is 19.0 Å². The van der Waals surface area contributed by atoms with Crippen molar-refractivity contribution in [3.8, 4) is 0 Å². The summed E-state index contributed by atoms with van der Waals surface area (Å²) in [5.41, 5.74) is 4.36. The maximum Gasteiger partial charge on any atom is 0.416 e. The summed E-state index contributed by atoms with van der Waals surface area (Å²) in [5, 5.41) is 7.84. The molecule has 0 aliphatic carbocycles. The second-order valence-electron chi connectivity index (χ2n) is 7.92. The van der Waals surface area contributed by atoms with Crippen LogP contribution in [0.1, 0.15) is 48.3 Å². The third kappa shape index (κ3) is 5.07. The van der Waals surface area contributed by atoms with E-state index < -0.39 is 11.7 Å². The van der Waals surface area contributed by atoms with E-state index in [1.807, 2.05) is 35.3 Å². The molecule has 2 amide bonds. The number of urea groups is 1. The van der Waals surface area contributed by atoms with Gasteiger partial charge in [-0.2, -0.15) is 18.3 Å². The Morgan fingerprint density at radius 2 is 1.58 bits per heavy atom. The standard InChI is InChI=1S/C23H25F3N4O/c24-23(25,26)19-12-10-18(11-13-19)21-20(17-8-4-3-5-9-17)16-30(27-21)22(31)28-29-14-6-1-2-7-15-29/h3-5,8-13,20H,1-2,6-7,14-16H2,(H,28,31). The van der Waals surface area contributed by atoms with Crippen molar-refractivity contribution < 1.29 is 18.0 Å². The van der Waals surface area contributed by atoms with E-state index >= 15 is 0 Å². The Bertz CT molecular complexity index is 920. The number of hydrazone groups is 1. The quantitative estimate of drug-likeness (QED) is 0.744. The van der Waals surface area contributed by atoms with E-state index in [0.717, 1.165) is 56.5 Å². The van der Waals surface area contributed by atoms with Gasteiger partial charge in [0.1, 0.15) is 0 Å². The predicted molar refractivity (Wildman–Crippen MR) is 112 cm³/mol. The minimum Gasteiger partial charge on any atom is -0.269 e. The number of alkyl halides is 3. The first-order chi connectivity index (χ1) is 14.9. The van der Waals surface area contributed by atoms with Crippen molar-refractivity contribution in [3.05, 3.63) is 71.3 Å². The van der Waals surface area contributed by atoms with Crippen LogP contribution in [-0.2, 0) is 6.18 Å². The van der Waals surface area contributed by atoms with Crippen LogP contribution in [0.25, 0.3) is 0 Å². The molecule has 2 aromatic carbocycles. The number of nitrogens with one attached hydrogen (secondary N) is 1. The number of carbonyl (C=O) groups is 1. The second-order valence-corrected chi connectivity index (χ2v) is 7.92. The van der Waals surface area contributed by atoms with Gasteiger partial charge in [-0.25, -0.2) is 14.8 Å². The second kappa shape index (κ2) is 9.09. The highest BCUT2D eigenvalue weighted by molar-refractivity contribution is 6.07. The van der Waals surface area contributed by atoms with E-state index in [1.54, 1.807) is 0 Å². The van der Waals surface area contributed by atoms with Gasteiger partial charge in [0.2, 0.25) is 0 Å². The van der Waals surface area contributed by atoms with Gasteiger partial charge >= 0.3 is 12.2 Å². The van der Waals surface area contributed by atoms with Crippen LogP contribution < -0.4 is 5.43 Å². The van der Waals surface area contributed by atoms with Crippen molar-refractivity contribution in [2.24, 2.45) is 5.10 Å². The molecular weight excluding hydrogens is 405 g/mol. The Kier molecular flexibility index (Phi) is 6.27. The zero-order chi connectivity index (χ0) is 21.8. The maximum absolute atomic E-state index is 13.0. The van der Waals surface area contributed by atoms with Gasteiger partial charge in [0.25, 0.3) is 0 Å². The molecule has 1 fully saturated rings. The monoisotopic (exact) mass is 430 g/mol. The minimum absolute atomic E-state index is 0.215. The van der Waals surface area contributed by atoms with Crippen LogP contribution in [0.4, 0.5) is 18.0 Å². The molecule has 0 spiro atoms. The highest BCUT2D eigenvalue weighted by Crippen LogP contribution is 2.32. The van der Waals surface area contributed by atoms with Crippen molar-refractivity contribution in [1.82, 2.24) is 15.4 Å². The topological polar surface area (TPSA) is 47.9 Å². The molecule has 1 unspecified atom stereocenters. The average Bonchev–Trinajstić information content (AvgIpc) is 3.06. The van der Waals surface area contributed by atoms with Crippen LogP contribution in [0.15, 0.2) is 59.7 Å². The molecule has 164 valence electrons. The summed E-state index contributed by atoms with van der Waals surface area (Å²) in [5.74, 6) is -0.215. The molecule has 1 N–H and O–H groups in total. The van der Waals surface area contributed by atoms with Crippen LogP contribution >= 0.6 is 0 Å². The van der Waals surface area contributed by atoms with Crippen molar-refractivity contribution in [3.63, 3.8) is 0 Å².